The van der Waals surface area contributed by atoms with Crippen LogP contribution in [0.4, 0.5) is 4.39 Å². The van der Waals surface area contributed by atoms with Crippen molar-refractivity contribution < 1.29 is 19.0 Å². The molecule has 3 aromatic rings. The molecule has 0 spiro atoms. The highest BCUT2D eigenvalue weighted by Gasteiger charge is 2.17. The van der Waals surface area contributed by atoms with Crippen molar-refractivity contribution in [1.29, 1.82) is 0 Å². The molecular weight excluding hydrogens is 441 g/mol. The third-order valence-electron chi connectivity index (χ3n) is 6.91. The number of nitrogens with two attached hydrogens (primary N) is 1. The molecule has 0 heterocycles. The van der Waals surface area contributed by atoms with Gasteiger partial charge < -0.3 is 15.6 Å². The Morgan fingerprint density at radius 3 is 2.57 bits per heavy atom. The molecule has 3 aromatic carbocycles. The largest absolute Gasteiger partial charge is 0.489 e. The van der Waals surface area contributed by atoms with E-state index in [1.54, 1.807) is 37.3 Å². The second kappa shape index (κ2) is 11.5. The maximum atomic E-state index is 15.4. The highest BCUT2D eigenvalue weighted by molar-refractivity contribution is 5.71. The van der Waals surface area contributed by atoms with E-state index in [9.17, 15) is 9.90 Å². The Labute approximate surface area is 206 Å². The van der Waals surface area contributed by atoms with E-state index < -0.39 is 12.0 Å². The van der Waals surface area contributed by atoms with Crippen LogP contribution in [-0.2, 0) is 24.2 Å². The Hall–Kier alpha value is -3.18. The van der Waals surface area contributed by atoms with Crippen molar-refractivity contribution in [3.05, 3.63) is 88.7 Å². The first-order valence-electron chi connectivity index (χ1n) is 12.5. The van der Waals surface area contributed by atoms with Gasteiger partial charge in [0.15, 0.2) is 0 Å². The second-order valence-electron chi connectivity index (χ2n) is 9.69. The maximum absolute atomic E-state index is 15.4. The van der Waals surface area contributed by atoms with Crippen LogP contribution in [0.25, 0.3) is 11.1 Å². The summed E-state index contributed by atoms with van der Waals surface area (Å²) in [6.45, 7) is 2.06. The number of para-hydroxylation sites is 1. The lowest BCUT2D eigenvalue weighted by Crippen LogP contribution is -2.08. The predicted octanol–water partition coefficient (Wildman–Crippen LogP) is 6.84. The molecule has 0 amide bonds. The van der Waals surface area contributed by atoms with E-state index in [4.69, 9.17) is 10.5 Å². The molecule has 0 aliphatic heterocycles. The van der Waals surface area contributed by atoms with Gasteiger partial charge >= 0.3 is 5.97 Å². The van der Waals surface area contributed by atoms with Crippen LogP contribution < -0.4 is 10.5 Å². The van der Waals surface area contributed by atoms with Crippen LogP contribution in [0.3, 0.4) is 0 Å². The van der Waals surface area contributed by atoms with Crippen molar-refractivity contribution in [3.63, 3.8) is 0 Å². The number of carbonyl (C=O) groups is 1. The molecule has 0 bridgehead atoms. The monoisotopic (exact) mass is 475 g/mol. The summed E-state index contributed by atoms with van der Waals surface area (Å²) in [6.07, 6.45) is 7.19. The van der Waals surface area contributed by atoms with E-state index in [0.717, 1.165) is 35.4 Å². The minimum atomic E-state index is -0.901. The van der Waals surface area contributed by atoms with Gasteiger partial charge in [0.25, 0.3) is 0 Å². The lowest BCUT2D eigenvalue weighted by Gasteiger charge is -2.16. The zero-order valence-corrected chi connectivity index (χ0v) is 20.3. The van der Waals surface area contributed by atoms with Crippen LogP contribution in [0, 0.1) is 11.7 Å². The number of carboxylic acid groups (broad SMARTS) is 1. The number of carboxylic acids is 1. The first kappa shape index (κ1) is 24.9. The molecule has 1 fully saturated rings. The van der Waals surface area contributed by atoms with Gasteiger partial charge in [0.2, 0.25) is 0 Å². The molecule has 0 unspecified atom stereocenters. The quantitative estimate of drug-likeness (QED) is 0.337. The fourth-order valence-corrected chi connectivity index (χ4v) is 5.05. The third-order valence-corrected chi connectivity index (χ3v) is 6.91. The smallest absolute Gasteiger partial charge is 0.307 e. The van der Waals surface area contributed by atoms with Crippen molar-refractivity contribution in [2.45, 2.75) is 64.5 Å². The summed E-state index contributed by atoms with van der Waals surface area (Å²) in [5.74, 6) is 0.133. The number of ether oxygens (including phenoxy) is 1. The molecule has 4 rings (SSSR count). The fourth-order valence-electron chi connectivity index (χ4n) is 5.05. The van der Waals surface area contributed by atoms with Crippen LogP contribution in [0.15, 0.2) is 60.7 Å². The summed E-state index contributed by atoms with van der Waals surface area (Å²) in [6, 6.07) is 18.3. The standard InChI is InChI=1S/C30H34FNO3/c1-20(32)26-10-6-11-27(30(26)31)25-16-22(14-13-21-7-2-3-8-21)15-23(17-25)19-35-28-12-5-4-9-24(28)18-29(33)34/h4-6,9-12,15-17,20-21H,2-3,7-8,13-14,18-19,32H2,1H3,(H,33,34)/t20-/m1/s1. The molecule has 35 heavy (non-hydrogen) atoms. The van der Waals surface area contributed by atoms with E-state index in [1.165, 1.54) is 25.7 Å². The molecule has 4 nitrogen and oxygen atoms in total. The Morgan fingerprint density at radius 1 is 1.09 bits per heavy atom. The SMILES string of the molecule is C[C@@H](N)c1cccc(-c2cc(CCC3CCCC3)cc(COc3ccccc3CC(=O)O)c2)c1F. The van der Waals surface area contributed by atoms with E-state index in [1.807, 2.05) is 18.2 Å². The average molecular weight is 476 g/mol. The minimum absolute atomic E-state index is 0.0991. The van der Waals surface area contributed by atoms with E-state index in [-0.39, 0.29) is 18.8 Å². The van der Waals surface area contributed by atoms with Crippen molar-refractivity contribution >= 4 is 5.97 Å². The van der Waals surface area contributed by atoms with Gasteiger partial charge in [-0.1, -0.05) is 74.2 Å². The molecule has 0 radical (unpaired) electrons. The zero-order chi connectivity index (χ0) is 24.8. The van der Waals surface area contributed by atoms with Gasteiger partial charge in [0.05, 0.1) is 6.42 Å². The number of halogens is 1. The van der Waals surface area contributed by atoms with Crippen LogP contribution in [0.2, 0.25) is 0 Å². The van der Waals surface area contributed by atoms with Gasteiger partial charge in [0, 0.05) is 22.7 Å². The average Bonchev–Trinajstić information content (AvgIpc) is 3.35. The lowest BCUT2D eigenvalue weighted by molar-refractivity contribution is -0.136. The number of aliphatic carboxylic acids is 1. The highest BCUT2D eigenvalue weighted by atomic mass is 19.1. The number of benzene rings is 3. The van der Waals surface area contributed by atoms with Gasteiger partial charge in [-0.25, -0.2) is 4.39 Å². The van der Waals surface area contributed by atoms with Crippen molar-refractivity contribution in [2.75, 3.05) is 0 Å². The molecule has 1 saturated carbocycles. The second-order valence-corrected chi connectivity index (χ2v) is 9.69. The van der Waals surface area contributed by atoms with Gasteiger partial charge in [-0.15, -0.1) is 0 Å². The first-order valence-corrected chi connectivity index (χ1v) is 12.5. The van der Waals surface area contributed by atoms with Crippen LogP contribution in [0.1, 0.15) is 67.3 Å². The van der Waals surface area contributed by atoms with Crippen molar-refractivity contribution in [1.82, 2.24) is 0 Å². The molecule has 5 heteroatoms. The summed E-state index contributed by atoms with van der Waals surface area (Å²) in [5.41, 5.74) is 10.6. The highest BCUT2D eigenvalue weighted by Crippen LogP contribution is 2.32. The molecule has 3 N–H and O–H groups in total. The van der Waals surface area contributed by atoms with Gasteiger partial charge in [-0.3, -0.25) is 4.79 Å². The lowest BCUT2D eigenvalue weighted by atomic mass is 9.93. The van der Waals surface area contributed by atoms with Crippen LogP contribution in [0.5, 0.6) is 5.75 Å². The predicted molar refractivity (Wildman–Crippen MR) is 137 cm³/mol. The molecule has 0 aromatic heterocycles. The summed E-state index contributed by atoms with van der Waals surface area (Å²) in [5, 5.41) is 9.21. The van der Waals surface area contributed by atoms with Gasteiger partial charge in [0.1, 0.15) is 18.2 Å². The Kier molecular flexibility index (Phi) is 8.19. The van der Waals surface area contributed by atoms with Crippen LogP contribution in [-0.4, -0.2) is 11.1 Å². The minimum Gasteiger partial charge on any atom is -0.489 e. The summed E-state index contributed by atoms with van der Waals surface area (Å²) in [4.78, 5) is 11.2. The number of aryl methyl sites for hydroxylation is 1. The first-order chi connectivity index (χ1) is 16.9. The number of hydrogen-bond donors (Lipinski definition) is 2. The Morgan fingerprint density at radius 2 is 1.83 bits per heavy atom. The molecular formula is C30H34FNO3. The molecule has 0 saturated heterocycles. The normalized spacial score (nSPS) is 14.7. The van der Waals surface area contributed by atoms with Crippen molar-refractivity contribution in [3.8, 4) is 16.9 Å². The molecule has 1 aliphatic carbocycles. The zero-order valence-electron chi connectivity index (χ0n) is 20.3. The van der Waals surface area contributed by atoms with E-state index in [2.05, 4.69) is 12.1 Å². The van der Waals surface area contributed by atoms with Gasteiger partial charge in [-0.2, -0.15) is 0 Å². The molecule has 1 atom stereocenters. The number of rotatable bonds is 10. The molecule has 184 valence electrons. The Bertz CT molecular complexity index is 1170. The van der Waals surface area contributed by atoms with Crippen molar-refractivity contribution in [2.24, 2.45) is 11.7 Å². The maximum Gasteiger partial charge on any atom is 0.307 e. The van der Waals surface area contributed by atoms with Crippen LogP contribution >= 0.6 is 0 Å². The van der Waals surface area contributed by atoms with E-state index in [0.29, 0.717) is 22.4 Å². The summed E-state index contributed by atoms with van der Waals surface area (Å²) < 4.78 is 21.4. The summed E-state index contributed by atoms with van der Waals surface area (Å²) >= 11 is 0. The number of hydrogen-bond acceptors (Lipinski definition) is 3. The summed E-state index contributed by atoms with van der Waals surface area (Å²) in [7, 11) is 0. The fraction of sp³-hybridized carbons (Fsp3) is 0.367. The topological polar surface area (TPSA) is 72.5 Å². The van der Waals surface area contributed by atoms with Gasteiger partial charge in [-0.05, 0) is 54.5 Å². The Balaban J connectivity index is 1.63. The molecule has 1 aliphatic rings. The van der Waals surface area contributed by atoms with E-state index >= 15 is 4.39 Å². The third kappa shape index (κ3) is 6.49.